The molecule has 1 aromatic carbocycles. The summed E-state index contributed by atoms with van der Waals surface area (Å²) in [5.74, 6) is 0.423. The Kier molecular flexibility index (Phi) is 2.86. The van der Waals surface area contributed by atoms with Crippen molar-refractivity contribution in [3.63, 3.8) is 0 Å². The Bertz CT molecular complexity index is 549. The van der Waals surface area contributed by atoms with Crippen LogP contribution in [0.5, 0.6) is 5.75 Å². The predicted octanol–water partition coefficient (Wildman–Crippen LogP) is 3.76. The first-order valence-corrected chi connectivity index (χ1v) is 7.30. The zero-order valence-corrected chi connectivity index (χ0v) is 12.3. The normalized spacial score (nSPS) is 34.1. The van der Waals surface area contributed by atoms with Crippen molar-refractivity contribution in [2.75, 3.05) is 0 Å². The van der Waals surface area contributed by atoms with Gasteiger partial charge in [-0.25, -0.2) is 4.79 Å². The second-order valence-electron chi connectivity index (χ2n) is 7.40. The summed E-state index contributed by atoms with van der Waals surface area (Å²) in [6, 6.07) is 6.36. The van der Waals surface area contributed by atoms with Crippen molar-refractivity contribution in [3.05, 3.63) is 29.8 Å². The van der Waals surface area contributed by atoms with Gasteiger partial charge < -0.3 is 9.84 Å². The van der Waals surface area contributed by atoms with E-state index < -0.39 is 0 Å². The average molecular weight is 274 g/mol. The number of phenols is 1. The highest BCUT2D eigenvalue weighted by atomic mass is 16.5. The third kappa shape index (κ3) is 2.09. The molecular formula is C17H22O3. The number of ether oxygens (including phenoxy) is 1. The highest BCUT2D eigenvalue weighted by Gasteiger charge is 2.58. The molecule has 20 heavy (non-hydrogen) atoms. The third-order valence-electron chi connectivity index (χ3n) is 5.28. The summed E-state index contributed by atoms with van der Waals surface area (Å²) in [6.07, 6.45) is 3.24. The van der Waals surface area contributed by atoms with Gasteiger partial charge in [-0.1, -0.05) is 26.8 Å². The van der Waals surface area contributed by atoms with Gasteiger partial charge in [-0.2, -0.15) is 0 Å². The van der Waals surface area contributed by atoms with Crippen LogP contribution in [0.3, 0.4) is 0 Å². The fraction of sp³-hybridized carbons (Fsp3) is 0.588. The van der Waals surface area contributed by atoms with Gasteiger partial charge in [-0.15, -0.1) is 0 Å². The van der Waals surface area contributed by atoms with Crippen LogP contribution in [0.15, 0.2) is 24.3 Å². The molecule has 1 aromatic rings. The summed E-state index contributed by atoms with van der Waals surface area (Å²) in [5.41, 5.74) is 0.902. The number of benzene rings is 1. The number of hydrogen-bond donors (Lipinski definition) is 1. The van der Waals surface area contributed by atoms with E-state index in [1.807, 2.05) is 0 Å². The first-order chi connectivity index (χ1) is 9.30. The molecule has 0 unspecified atom stereocenters. The van der Waals surface area contributed by atoms with Gasteiger partial charge in [-0.05, 0) is 48.8 Å². The molecule has 2 fully saturated rings. The van der Waals surface area contributed by atoms with Crippen molar-refractivity contribution in [2.24, 2.45) is 16.7 Å². The Morgan fingerprint density at radius 1 is 1.35 bits per heavy atom. The van der Waals surface area contributed by atoms with Gasteiger partial charge in [0.2, 0.25) is 0 Å². The Morgan fingerprint density at radius 2 is 2.10 bits per heavy atom. The van der Waals surface area contributed by atoms with Crippen LogP contribution < -0.4 is 0 Å². The van der Waals surface area contributed by atoms with Crippen molar-refractivity contribution in [2.45, 2.75) is 46.1 Å². The lowest BCUT2D eigenvalue weighted by molar-refractivity contribution is -0.0221. The Hall–Kier alpha value is -1.51. The van der Waals surface area contributed by atoms with Gasteiger partial charge in [0.1, 0.15) is 11.9 Å². The van der Waals surface area contributed by atoms with Gasteiger partial charge in [0, 0.05) is 5.41 Å². The van der Waals surface area contributed by atoms with Crippen LogP contribution in [0, 0.1) is 16.7 Å². The van der Waals surface area contributed by atoms with E-state index >= 15 is 0 Å². The molecule has 0 spiro atoms. The fourth-order valence-electron chi connectivity index (χ4n) is 4.31. The smallest absolute Gasteiger partial charge is 0.338 e. The van der Waals surface area contributed by atoms with E-state index in [9.17, 15) is 9.90 Å². The molecule has 2 aliphatic rings. The largest absolute Gasteiger partial charge is 0.508 e. The predicted molar refractivity (Wildman–Crippen MR) is 76.5 cm³/mol. The number of fused-ring (bicyclic) bond motifs is 2. The number of carbonyl (C=O) groups is 1. The highest BCUT2D eigenvalue weighted by molar-refractivity contribution is 5.90. The molecule has 0 aliphatic heterocycles. The van der Waals surface area contributed by atoms with Crippen LogP contribution in [-0.2, 0) is 4.74 Å². The number of rotatable bonds is 2. The minimum absolute atomic E-state index is 0.00961. The molecular weight excluding hydrogens is 252 g/mol. The standard InChI is InChI=1S/C17H22O3/c1-16(2)10-17(3)9-12(16)8-14(17)20-15(19)11-5-4-6-13(18)7-11/h4-7,12,14,18H,8-10H2,1-3H3/t12-,14-,17+/m0/s1. The van der Waals surface area contributed by atoms with Crippen molar-refractivity contribution < 1.29 is 14.6 Å². The minimum atomic E-state index is -0.322. The number of hydrogen-bond acceptors (Lipinski definition) is 3. The van der Waals surface area contributed by atoms with Crippen molar-refractivity contribution in [1.29, 1.82) is 0 Å². The quantitative estimate of drug-likeness (QED) is 0.835. The van der Waals surface area contributed by atoms with E-state index in [0.29, 0.717) is 16.9 Å². The van der Waals surface area contributed by atoms with Crippen LogP contribution >= 0.6 is 0 Å². The molecule has 2 aliphatic carbocycles. The lowest BCUT2D eigenvalue weighted by Crippen LogP contribution is -2.37. The number of phenolic OH excluding ortho intramolecular Hbond substituents is 1. The molecule has 0 aromatic heterocycles. The summed E-state index contributed by atoms with van der Waals surface area (Å²) < 4.78 is 5.73. The van der Waals surface area contributed by atoms with E-state index in [2.05, 4.69) is 20.8 Å². The first-order valence-electron chi connectivity index (χ1n) is 7.30. The molecule has 0 saturated heterocycles. The van der Waals surface area contributed by atoms with Gasteiger partial charge in [0.25, 0.3) is 0 Å². The highest BCUT2D eigenvalue weighted by Crippen LogP contribution is 2.63. The zero-order valence-electron chi connectivity index (χ0n) is 12.3. The summed E-state index contributed by atoms with van der Waals surface area (Å²) in [6.45, 7) is 6.87. The number of aromatic hydroxyl groups is 1. The van der Waals surface area contributed by atoms with Crippen molar-refractivity contribution >= 4 is 5.97 Å². The average Bonchev–Trinajstić information content (AvgIpc) is 2.77. The monoisotopic (exact) mass is 274 g/mol. The van der Waals surface area contributed by atoms with Crippen LogP contribution in [0.4, 0.5) is 0 Å². The molecule has 108 valence electrons. The Morgan fingerprint density at radius 3 is 2.65 bits per heavy atom. The SMILES string of the molecule is CC1(C)C[C@@]2(C)C[C@@H]1C[C@@H]2OC(=O)c1cccc(O)c1. The van der Waals surface area contributed by atoms with Crippen LogP contribution in [-0.4, -0.2) is 17.2 Å². The molecule has 1 N–H and O–H groups in total. The summed E-state index contributed by atoms with van der Waals surface area (Å²) in [7, 11) is 0. The Balaban J connectivity index is 1.73. The maximum Gasteiger partial charge on any atom is 0.338 e. The lowest BCUT2D eigenvalue weighted by Gasteiger charge is -2.38. The molecule has 2 saturated carbocycles. The Labute approximate surface area is 120 Å². The van der Waals surface area contributed by atoms with Gasteiger partial charge >= 0.3 is 5.97 Å². The minimum Gasteiger partial charge on any atom is -0.508 e. The summed E-state index contributed by atoms with van der Waals surface area (Å²) in [5, 5.41) is 9.44. The topological polar surface area (TPSA) is 46.5 Å². The van der Waals surface area contributed by atoms with Gasteiger partial charge in [0.15, 0.2) is 0 Å². The molecule has 3 atom stereocenters. The van der Waals surface area contributed by atoms with Crippen LogP contribution in [0.25, 0.3) is 0 Å². The van der Waals surface area contributed by atoms with Crippen molar-refractivity contribution in [1.82, 2.24) is 0 Å². The lowest BCUT2D eigenvalue weighted by atomic mass is 9.71. The van der Waals surface area contributed by atoms with Gasteiger partial charge in [0.05, 0.1) is 5.56 Å². The van der Waals surface area contributed by atoms with E-state index in [1.165, 1.54) is 6.07 Å². The molecule has 0 amide bonds. The van der Waals surface area contributed by atoms with E-state index in [4.69, 9.17) is 4.74 Å². The fourth-order valence-corrected chi connectivity index (χ4v) is 4.31. The number of carbonyl (C=O) groups excluding carboxylic acids is 1. The molecule has 3 rings (SSSR count). The zero-order chi connectivity index (χ0) is 14.5. The van der Waals surface area contributed by atoms with Crippen LogP contribution in [0.2, 0.25) is 0 Å². The number of esters is 1. The maximum absolute atomic E-state index is 12.2. The van der Waals surface area contributed by atoms with E-state index in [1.54, 1.807) is 18.2 Å². The van der Waals surface area contributed by atoms with E-state index in [0.717, 1.165) is 19.3 Å². The van der Waals surface area contributed by atoms with Gasteiger partial charge in [-0.3, -0.25) is 0 Å². The van der Waals surface area contributed by atoms with Crippen molar-refractivity contribution in [3.8, 4) is 5.75 Å². The molecule has 0 radical (unpaired) electrons. The molecule has 2 bridgehead atoms. The molecule has 0 heterocycles. The molecule has 3 heteroatoms. The van der Waals surface area contributed by atoms with E-state index in [-0.39, 0.29) is 23.2 Å². The summed E-state index contributed by atoms with van der Waals surface area (Å²) >= 11 is 0. The summed E-state index contributed by atoms with van der Waals surface area (Å²) in [4.78, 5) is 12.2. The molecule has 3 nitrogen and oxygen atoms in total. The maximum atomic E-state index is 12.2. The second kappa shape index (κ2) is 4.24. The first kappa shape index (κ1) is 13.5. The van der Waals surface area contributed by atoms with Crippen LogP contribution in [0.1, 0.15) is 50.4 Å². The third-order valence-corrected chi connectivity index (χ3v) is 5.28. The second-order valence-corrected chi connectivity index (χ2v) is 7.40.